The second-order valence-electron chi connectivity index (χ2n) is 6.54. The molecule has 0 aromatic heterocycles. The summed E-state index contributed by atoms with van der Waals surface area (Å²) in [6.07, 6.45) is 0. The number of benzene rings is 3. The Balaban J connectivity index is 2.01. The van der Waals surface area contributed by atoms with E-state index >= 15 is 0 Å². The van der Waals surface area contributed by atoms with Crippen LogP contribution in [0.4, 0.5) is 20.2 Å². The third-order valence-corrected chi connectivity index (χ3v) is 6.22. The Morgan fingerprint density at radius 3 is 2.31 bits per heavy atom. The molecule has 168 valence electrons. The van der Waals surface area contributed by atoms with Gasteiger partial charge in [0.2, 0.25) is 5.91 Å². The number of anilines is 2. The largest absolute Gasteiger partial charge is 0.493 e. The Morgan fingerprint density at radius 1 is 0.938 bits per heavy atom. The van der Waals surface area contributed by atoms with Crippen molar-refractivity contribution in [1.82, 2.24) is 0 Å². The van der Waals surface area contributed by atoms with Crippen molar-refractivity contribution in [2.24, 2.45) is 0 Å². The maximum atomic E-state index is 14.5. The van der Waals surface area contributed by atoms with Gasteiger partial charge >= 0.3 is 0 Å². The summed E-state index contributed by atoms with van der Waals surface area (Å²) < 4.78 is 65.7. The lowest BCUT2D eigenvalue weighted by molar-refractivity contribution is -0.114. The highest BCUT2D eigenvalue weighted by molar-refractivity contribution is 7.92. The monoisotopic (exact) mass is 462 g/mol. The van der Waals surface area contributed by atoms with Gasteiger partial charge in [0.25, 0.3) is 10.0 Å². The Labute approximate surface area is 184 Å². The van der Waals surface area contributed by atoms with Crippen LogP contribution in [0.2, 0.25) is 0 Å². The van der Waals surface area contributed by atoms with Crippen LogP contribution < -0.4 is 19.1 Å². The molecule has 0 aliphatic rings. The predicted molar refractivity (Wildman–Crippen MR) is 116 cm³/mol. The number of ether oxygens (including phenoxy) is 2. The third-order valence-electron chi connectivity index (χ3n) is 4.46. The Kier molecular flexibility index (Phi) is 6.94. The number of hydrogen-bond donors (Lipinski definition) is 1. The van der Waals surface area contributed by atoms with Crippen LogP contribution in [-0.4, -0.2) is 35.1 Å². The van der Waals surface area contributed by atoms with Crippen LogP contribution in [0.25, 0.3) is 0 Å². The van der Waals surface area contributed by atoms with Crippen molar-refractivity contribution in [3.63, 3.8) is 0 Å². The molecule has 3 aromatic carbocycles. The molecule has 0 radical (unpaired) electrons. The molecule has 3 aromatic rings. The van der Waals surface area contributed by atoms with Crippen LogP contribution in [0.15, 0.2) is 71.6 Å². The molecule has 0 aliphatic heterocycles. The van der Waals surface area contributed by atoms with Gasteiger partial charge in [-0.3, -0.25) is 9.10 Å². The quantitative estimate of drug-likeness (QED) is 0.550. The highest BCUT2D eigenvalue weighted by atomic mass is 32.2. The van der Waals surface area contributed by atoms with Crippen LogP contribution in [0.3, 0.4) is 0 Å². The van der Waals surface area contributed by atoms with Crippen molar-refractivity contribution in [3.05, 3.63) is 78.4 Å². The second kappa shape index (κ2) is 9.65. The van der Waals surface area contributed by atoms with E-state index in [1.165, 1.54) is 68.8 Å². The van der Waals surface area contributed by atoms with Crippen LogP contribution in [-0.2, 0) is 14.8 Å². The van der Waals surface area contributed by atoms with Crippen molar-refractivity contribution in [2.45, 2.75) is 4.90 Å². The van der Waals surface area contributed by atoms with E-state index in [1.807, 2.05) is 0 Å². The van der Waals surface area contributed by atoms with Gasteiger partial charge in [-0.1, -0.05) is 18.2 Å². The number of nitrogens with one attached hydrogen (secondary N) is 1. The highest BCUT2D eigenvalue weighted by Crippen LogP contribution is 2.32. The van der Waals surface area contributed by atoms with Crippen LogP contribution in [0.5, 0.6) is 11.5 Å². The summed E-state index contributed by atoms with van der Waals surface area (Å²) in [6.45, 7) is -0.756. The molecule has 32 heavy (non-hydrogen) atoms. The van der Waals surface area contributed by atoms with Crippen molar-refractivity contribution in [3.8, 4) is 11.5 Å². The average Bonchev–Trinajstić information content (AvgIpc) is 2.77. The number of methoxy groups -OCH3 is 2. The lowest BCUT2D eigenvalue weighted by Crippen LogP contribution is -2.38. The molecule has 1 N–H and O–H groups in total. The topological polar surface area (TPSA) is 84.9 Å². The fourth-order valence-electron chi connectivity index (χ4n) is 2.96. The number of nitrogens with zero attached hydrogens (tertiary/aromatic N) is 1. The number of hydrogen-bond acceptors (Lipinski definition) is 5. The second-order valence-corrected chi connectivity index (χ2v) is 8.40. The number of amides is 1. The van der Waals surface area contributed by atoms with Gasteiger partial charge in [0.15, 0.2) is 11.5 Å². The van der Waals surface area contributed by atoms with Gasteiger partial charge in [-0.2, -0.15) is 0 Å². The van der Waals surface area contributed by atoms with Gasteiger partial charge in [-0.15, -0.1) is 0 Å². The number of halogens is 2. The molecule has 0 heterocycles. The third kappa shape index (κ3) is 4.97. The summed E-state index contributed by atoms with van der Waals surface area (Å²) in [6, 6.07) is 14.1. The van der Waals surface area contributed by atoms with Gasteiger partial charge in [0.05, 0.1) is 24.8 Å². The summed E-state index contributed by atoms with van der Waals surface area (Å²) >= 11 is 0. The number of rotatable bonds is 8. The van der Waals surface area contributed by atoms with Crippen molar-refractivity contribution in [1.29, 1.82) is 0 Å². The molecular weight excluding hydrogens is 442 g/mol. The number of sulfonamides is 1. The highest BCUT2D eigenvalue weighted by Gasteiger charge is 2.30. The molecule has 0 unspecified atom stereocenters. The zero-order chi connectivity index (χ0) is 23.3. The molecular formula is C22H20F2N2O5S. The number of para-hydroxylation sites is 1. The summed E-state index contributed by atoms with van der Waals surface area (Å²) in [7, 11) is -1.67. The summed E-state index contributed by atoms with van der Waals surface area (Å²) in [5.74, 6) is -1.76. The molecule has 10 heteroatoms. The van der Waals surface area contributed by atoms with Gasteiger partial charge < -0.3 is 14.8 Å². The molecule has 1 amide bonds. The molecule has 0 aliphatic carbocycles. The maximum Gasteiger partial charge on any atom is 0.265 e. The van der Waals surface area contributed by atoms with Gasteiger partial charge in [-0.25, -0.2) is 17.2 Å². The lowest BCUT2D eigenvalue weighted by atomic mass is 10.3. The Bertz CT molecular complexity index is 1230. The lowest BCUT2D eigenvalue weighted by Gasteiger charge is -2.25. The standard InChI is InChI=1S/C22H20F2N2O5S/c1-30-20-11-10-17(13-21(20)31-2)32(28,29)26(19-9-4-3-8-18(19)24)14-22(27)25-16-7-5-6-15(23)12-16/h3-13H,14H2,1-2H3,(H,25,27). The van der Waals surface area contributed by atoms with Crippen molar-refractivity contribution in [2.75, 3.05) is 30.4 Å². The smallest absolute Gasteiger partial charge is 0.265 e. The van der Waals surface area contributed by atoms with Gasteiger partial charge in [0.1, 0.15) is 18.2 Å². The first-order valence-electron chi connectivity index (χ1n) is 9.31. The van der Waals surface area contributed by atoms with Crippen molar-refractivity contribution < 1.29 is 31.5 Å². The zero-order valence-electron chi connectivity index (χ0n) is 17.2. The molecule has 3 rings (SSSR count). The van der Waals surface area contributed by atoms with E-state index in [9.17, 15) is 22.0 Å². The molecule has 0 fully saturated rings. The molecule has 0 bridgehead atoms. The number of carbonyl (C=O) groups is 1. The van der Waals surface area contributed by atoms with E-state index in [0.717, 1.165) is 12.1 Å². The molecule has 0 saturated heterocycles. The van der Waals surface area contributed by atoms with Gasteiger partial charge in [-0.05, 0) is 42.5 Å². The molecule has 7 nitrogen and oxygen atoms in total. The molecule has 0 spiro atoms. The summed E-state index contributed by atoms with van der Waals surface area (Å²) in [5.41, 5.74) is -0.191. The van der Waals surface area contributed by atoms with Crippen LogP contribution in [0.1, 0.15) is 0 Å². The molecule has 0 atom stereocenters. The minimum Gasteiger partial charge on any atom is -0.493 e. The Hall–Kier alpha value is -3.66. The SMILES string of the molecule is COc1ccc(S(=O)(=O)N(CC(=O)Nc2cccc(F)c2)c2ccccc2F)cc1OC. The minimum absolute atomic E-state index is 0.131. The fraction of sp³-hybridized carbons (Fsp3) is 0.136. The van der Waals surface area contributed by atoms with E-state index < -0.39 is 34.1 Å². The van der Waals surface area contributed by atoms with E-state index in [1.54, 1.807) is 0 Å². The van der Waals surface area contributed by atoms with Gasteiger partial charge in [0, 0.05) is 11.8 Å². The van der Waals surface area contributed by atoms with E-state index in [4.69, 9.17) is 9.47 Å². The molecule has 0 saturated carbocycles. The maximum absolute atomic E-state index is 14.5. The zero-order valence-corrected chi connectivity index (χ0v) is 18.0. The van der Waals surface area contributed by atoms with Crippen LogP contribution in [0, 0.1) is 11.6 Å². The summed E-state index contributed by atoms with van der Waals surface area (Å²) in [5, 5.41) is 2.41. The first kappa shape index (κ1) is 23.0. The Morgan fingerprint density at radius 2 is 1.66 bits per heavy atom. The first-order valence-corrected chi connectivity index (χ1v) is 10.7. The summed E-state index contributed by atoms with van der Waals surface area (Å²) in [4.78, 5) is 12.4. The average molecular weight is 462 g/mol. The van der Waals surface area contributed by atoms with Crippen molar-refractivity contribution >= 4 is 27.3 Å². The number of carbonyl (C=O) groups excluding carboxylic acids is 1. The van der Waals surface area contributed by atoms with Crippen LogP contribution >= 0.6 is 0 Å². The fourth-order valence-corrected chi connectivity index (χ4v) is 4.40. The first-order chi connectivity index (χ1) is 15.3. The predicted octanol–water partition coefficient (Wildman–Crippen LogP) is 3.82. The normalized spacial score (nSPS) is 11.0. The van der Waals surface area contributed by atoms with E-state index in [2.05, 4.69) is 5.32 Å². The van der Waals surface area contributed by atoms with E-state index in [-0.39, 0.29) is 22.0 Å². The van der Waals surface area contributed by atoms with E-state index in [0.29, 0.717) is 10.1 Å². The minimum atomic E-state index is -4.41.